The van der Waals surface area contributed by atoms with Crippen molar-refractivity contribution in [3.63, 3.8) is 0 Å². The second kappa shape index (κ2) is 6.84. The van der Waals surface area contributed by atoms with Crippen LogP contribution >= 0.6 is 0 Å². The normalized spacial score (nSPS) is 23.3. The number of rotatable bonds is 3. The Morgan fingerprint density at radius 2 is 2.00 bits per heavy atom. The molecule has 1 amide bonds. The van der Waals surface area contributed by atoms with E-state index >= 15 is 0 Å². The van der Waals surface area contributed by atoms with Crippen molar-refractivity contribution in [3.8, 4) is 5.75 Å². The number of nitrogens with zero attached hydrogens (tertiary/aromatic N) is 3. The van der Waals surface area contributed by atoms with Crippen molar-refractivity contribution in [1.82, 2.24) is 14.8 Å². The summed E-state index contributed by atoms with van der Waals surface area (Å²) in [5, 5.41) is 0. The summed E-state index contributed by atoms with van der Waals surface area (Å²) < 4.78 is 6.15. The van der Waals surface area contributed by atoms with E-state index in [9.17, 15) is 4.79 Å². The van der Waals surface area contributed by atoms with Crippen LogP contribution in [0.5, 0.6) is 5.75 Å². The minimum atomic E-state index is 0.0793. The van der Waals surface area contributed by atoms with E-state index in [2.05, 4.69) is 28.9 Å². The first-order chi connectivity index (χ1) is 12.2. The lowest BCUT2D eigenvalue weighted by molar-refractivity contribution is 0.0569. The van der Waals surface area contributed by atoms with Crippen LogP contribution in [-0.4, -0.2) is 59.0 Å². The highest BCUT2D eigenvalue weighted by Crippen LogP contribution is 2.26. The molecule has 2 fully saturated rings. The van der Waals surface area contributed by atoms with Crippen molar-refractivity contribution >= 4 is 5.91 Å². The van der Waals surface area contributed by atoms with Gasteiger partial charge in [0.2, 0.25) is 0 Å². The third kappa shape index (κ3) is 3.51. The predicted octanol–water partition coefficient (Wildman–Crippen LogP) is 2.37. The maximum atomic E-state index is 12.6. The molecule has 0 N–H and O–H groups in total. The summed E-state index contributed by atoms with van der Waals surface area (Å²) in [5.74, 6) is 1.01. The molecule has 2 aliphatic heterocycles. The van der Waals surface area contributed by atoms with E-state index in [1.165, 1.54) is 5.56 Å². The van der Waals surface area contributed by atoms with Gasteiger partial charge in [-0.3, -0.25) is 14.7 Å². The highest BCUT2D eigenvalue weighted by atomic mass is 16.5. The Morgan fingerprint density at radius 3 is 2.76 bits per heavy atom. The Bertz CT molecular complexity index is 732. The molecule has 0 aliphatic carbocycles. The fourth-order valence-electron chi connectivity index (χ4n) is 3.75. The molecule has 1 aromatic heterocycles. The third-order valence-electron chi connectivity index (χ3n) is 5.10. The summed E-state index contributed by atoms with van der Waals surface area (Å²) in [6.45, 7) is 5.45. The molecule has 3 heterocycles. The van der Waals surface area contributed by atoms with Crippen LogP contribution in [0.1, 0.15) is 22.3 Å². The molecule has 0 saturated carbocycles. The van der Waals surface area contributed by atoms with Crippen molar-refractivity contribution in [3.05, 3.63) is 59.9 Å². The topological polar surface area (TPSA) is 45.7 Å². The number of aryl methyl sites for hydroxylation is 1. The highest BCUT2D eigenvalue weighted by Gasteiger charge is 2.38. The molecule has 2 aliphatic rings. The van der Waals surface area contributed by atoms with Crippen LogP contribution in [0.25, 0.3) is 0 Å². The van der Waals surface area contributed by atoms with Gasteiger partial charge in [-0.15, -0.1) is 0 Å². The number of fused-ring (bicyclic) bond motifs is 1. The fourth-order valence-corrected chi connectivity index (χ4v) is 3.75. The molecule has 5 nitrogen and oxygen atoms in total. The lowest BCUT2D eigenvalue weighted by atomic mass is 10.1. The predicted molar refractivity (Wildman–Crippen MR) is 95.7 cm³/mol. The minimum Gasteiger partial charge on any atom is -0.489 e. The van der Waals surface area contributed by atoms with Gasteiger partial charge in [0, 0.05) is 51.0 Å². The van der Waals surface area contributed by atoms with Crippen LogP contribution in [-0.2, 0) is 0 Å². The number of carbonyl (C=O) groups excluding carboxylic acids is 1. The van der Waals surface area contributed by atoms with E-state index in [1.54, 1.807) is 12.4 Å². The number of ether oxygens (including phenoxy) is 1. The summed E-state index contributed by atoms with van der Waals surface area (Å²) in [4.78, 5) is 21.1. The maximum Gasteiger partial charge on any atom is 0.255 e. The molecule has 4 rings (SSSR count). The summed E-state index contributed by atoms with van der Waals surface area (Å²) in [5.41, 5.74) is 1.90. The van der Waals surface area contributed by atoms with Gasteiger partial charge in [0.05, 0.1) is 5.56 Å². The van der Waals surface area contributed by atoms with E-state index in [4.69, 9.17) is 4.74 Å². The molecule has 5 heteroatoms. The fraction of sp³-hybridized carbons (Fsp3) is 0.400. The van der Waals surface area contributed by atoms with Gasteiger partial charge in [0.1, 0.15) is 11.9 Å². The Labute approximate surface area is 148 Å². The molecule has 2 saturated heterocycles. The van der Waals surface area contributed by atoms with Crippen molar-refractivity contribution in [2.45, 2.75) is 25.5 Å². The first-order valence-corrected chi connectivity index (χ1v) is 8.86. The number of carbonyl (C=O) groups is 1. The minimum absolute atomic E-state index is 0.0793. The van der Waals surface area contributed by atoms with Crippen LogP contribution in [0, 0.1) is 6.92 Å². The van der Waals surface area contributed by atoms with Gasteiger partial charge in [-0.25, -0.2) is 0 Å². The second-order valence-electron chi connectivity index (χ2n) is 6.93. The van der Waals surface area contributed by atoms with Crippen molar-refractivity contribution in [2.75, 3.05) is 26.2 Å². The third-order valence-corrected chi connectivity index (χ3v) is 5.10. The van der Waals surface area contributed by atoms with E-state index in [1.807, 2.05) is 29.2 Å². The molecular weight excluding hydrogens is 314 g/mol. The van der Waals surface area contributed by atoms with Gasteiger partial charge in [-0.2, -0.15) is 0 Å². The quantitative estimate of drug-likeness (QED) is 0.863. The first-order valence-electron chi connectivity index (χ1n) is 8.86. The largest absolute Gasteiger partial charge is 0.489 e. The zero-order chi connectivity index (χ0) is 17.2. The second-order valence-corrected chi connectivity index (χ2v) is 6.93. The zero-order valence-electron chi connectivity index (χ0n) is 14.5. The van der Waals surface area contributed by atoms with Crippen LogP contribution in [0.2, 0.25) is 0 Å². The zero-order valence-corrected chi connectivity index (χ0v) is 14.5. The molecule has 130 valence electrons. The summed E-state index contributed by atoms with van der Waals surface area (Å²) in [6.07, 6.45) is 4.50. The highest BCUT2D eigenvalue weighted by molar-refractivity contribution is 5.94. The van der Waals surface area contributed by atoms with Crippen molar-refractivity contribution in [1.29, 1.82) is 0 Å². The Hall–Kier alpha value is -2.40. The molecule has 25 heavy (non-hydrogen) atoms. The number of piperazine rings is 1. The first kappa shape index (κ1) is 16.1. The van der Waals surface area contributed by atoms with Gasteiger partial charge < -0.3 is 9.64 Å². The Morgan fingerprint density at radius 1 is 1.16 bits per heavy atom. The van der Waals surface area contributed by atoms with E-state index in [0.29, 0.717) is 11.6 Å². The van der Waals surface area contributed by atoms with E-state index in [0.717, 1.165) is 38.3 Å². The van der Waals surface area contributed by atoms with Gasteiger partial charge in [0.15, 0.2) is 0 Å². The molecule has 0 unspecified atom stereocenters. The molecule has 1 aromatic carbocycles. The molecule has 0 spiro atoms. The number of amides is 1. The summed E-state index contributed by atoms with van der Waals surface area (Å²) >= 11 is 0. The number of pyridine rings is 1. The van der Waals surface area contributed by atoms with E-state index < -0.39 is 0 Å². The van der Waals surface area contributed by atoms with Crippen LogP contribution in [0.3, 0.4) is 0 Å². The van der Waals surface area contributed by atoms with E-state index in [-0.39, 0.29) is 12.0 Å². The lowest BCUT2D eigenvalue weighted by Gasteiger charge is -2.37. The maximum absolute atomic E-state index is 12.6. The van der Waals surface area contributed by atoms with Crippen LogP contribution in [0.15, 0.2) is 48.8 Å². The average Bonchev–Trinajstić information content (AvgIpc) is 3.05. The van der Waals surface area contributed by atoms with Crippen molar-refractivity contribution < 1.29 is 9.53 Å². The lowest BCUT2D eigenvalue weighted by Crippen LogP contribution is -2.52. The Balaban J connectivity index is 1.37. The average molecular weight is 337 g/mol. The van der Waals surface area contributed by atoms with Crippen molar-refractivity contribution in [2.24, 2.45) is 0 Å². The molecular formula is C20H23N3O2. The molecule has 2 atom stereocenters. The number of hydrogen-bond acceptors (Lipinski definition) is 4. The molecule has 2 aromatic rings. The summed E-state index contributed by atoms with van der Waals surface area (Å²) in [6, 6.07) is 12.2. The smallest absolute Gasteiger partial charge is 0.255 e. The van der Waals surface area contributed by atoms with Crippen LogP contribution in [0.4, 0.5) is 0 Å². The van der Waals surface area contributed by atoms with Gasteiger partial charge >= 0.3 is 0 Å². The molecule has 0 radical (unpaired) electrons. The summed E-state index contributed by atoms with van der Waals surface area (Å²) in [7, 11) is 0. The van der Waals surface area contributed by atoms with Crippen LogP contribution < -0.4 is 4.74 Å². The number of hydrogen-bond donors (Lipinski definition) is 0. The van der Waals surface area contributed by atoms with Gasteiger partial charge in [-0.05, 0) is 31.2 Å². The number of aromatic nitrogens is 1. The Kier molecular flexibility index (Phi) is 4.40. The SMILES string of the molecule is Cc1ccc(O[C@@H]2C[C@H]3CN(C(=O)c4cccnc4)CCN3C2)cc1. The standard InChI is InChI=1S/C20H23N3O2/c1-15-4-6-18(7-5-15)25-19-11-17-13-23(10-9-22(17)14-19)20(24)16-3-2-8-21-12-16/h2-8,12,17,19H,9-11,13-14H2,1H3/t17-,19+/m0/s1. The monoisotopic (exact) mass is 337 g/mol. The van der Waals surface area contributed by atoms with Gasteiger partial charge in [0.25, 0.3) is 5.91 Å². The molecule has 0 bridgehead atoms. The van der Waals surface area contributed by atoms with Gasteiger partial charge in [-0.1, -0.05) is 17.7 Å². The number of benzene rings is 1.